The highest BCUT2D eigenvalue weighted by molar-refractivity contribution is 5.95. The number of anilines is 2. The Morgan fingerprint density at radius 1 is 0.743 bits per heavy atom. The highest BCUT2D eigenvalue weighted by Gasteiger charge is 2.14. The van der Waals surface area contributed by atoms with E-state index in [0.717, 1.165) is 27.8 Å². The first kappa shape index (κ1) is 22.0. The summed E-state index contributed by atoms with van der Waals surface area (Å²) in [6.07, 6.45) is 3.56. The van der Waals surface area contributed by atoms with Crippen LogP contribution < -0.4 is 10.6 Å². The van der Waals surface area contributed by atoms with Crippen LogP contribution in [0.1, 0.15) is 11.4 Å². The molecule has 0 aliphatic rings. The van der Waals surface area contributed by atoms with Crippen LogP contribution in [0.4, 0.5) is 22.7 Å². The Hall–Kier alpha value is -4.78. The van der Waals surface area contributed by atoms with E-state index < -0.39 is 0 Å². The molecule has 35 heavy (non-hydrogen) atoms. The van der Waals surface area contributed by atoms with Crippen molar-refractivity contribution in [3.8, 4) is 5.75 Å². The lowest BCUT2D eigenvalue weighted by Crippen LogP contribution is -2.24. The molecule has 0 fully saturated rings. The molecule has 0 aliphatic carbocycles. The molecule has 0 spiro atoms. The molecule has 0 saturated carbocycles. The minimum absolute atomic E-state index is 0.0777. The van der Waals surface area contributed by atoms with Crippen molar-refractivity contribution >= 4 is 33.5 Å². The number of fused-ring (bicyclic) bond motifs is 1. The third kappa shape index (κ3) is 5.09. The number of nitrogens with zero attached hydrogens (tertiary/aromatic N) is 5. The Balaban J connectivity index is 1.45. The van der Waals surface area contributed by atoms with Crippen LogP contribution in [0.2, 0.25) is 0 Å². The Kier molecular flexibility index (Phi) is 6.30. The number of hydrogen-bond acceptors (Lipinski definition) is 7. The fraction of sp³-hybridized carbons (Fsp3) is 0.0714. The van der Waals surface area contributed by atoms with Gasteiger partial charge in [0.05, 0.1) is 41.5 Å². The van der Waals surface area contributed by atoms with Gasteiger partial charge >= 0.3 is 0 Å². The van der Waals surface area contributed by atoms with Gasteiger partial charge in [-0.25, -0.2) is 0 Å². The van der Waals surface area contributed by atoms with Crippen LogP contribution in [-0.2, 0) is 13.1 Å². The quantitative estimate of drug-likeness (QED) is 0.212. The molecule has 3 aromatic carbocycles. The van der Waals surface area contributed by atoms with Crippen LogP contribution in [0.3, 0.4) is 0 Å². The number of nitrogens with two attached hydrogens (primary N) is 1. The summed E-state index contributed by atoms with van der Waals surface area (Å²) in [6.45, 7) is 1.15. The normalized spacial score (nSPS) is 11.2. The molecule has 0 aliphatic heterocycles. The molecule has 5 rings (SSSR count). The van der Waals surface area contributed by atoms with Gasteiger partial charge in [-0.15, -0.1) is 5.11 Å². The van der Waals surface area contributed by atoms with E-state index in [1.807, 2.05) is 78.9 Å². The van der Waals surface area contributed by atoms with Crippen molar-refractivity contribution in [1.29, 1.82) is 0 Å². The first-order valence-corrected chi connectivity index (χ1v) is 11.2. The van der Waals surface area contributed by atoms with E-state index in [0.29, 0.717) is 30.2 Å². The van der Waals surface area contributed by atoms with Crippen molar-refractivity contribution in [2.75, 3.05) is 10.6 Å². The first-order valence-electron chi connectivity index (χ1n) is 11.2. The summed E-state index contributed by atoms with van der Waals surface area (Å²) in [4.78, 5) is 11.1. The molecule has 0 amide bonds. The Bertz CT molecular complexity index is 1430. The van der Waals surface area contributed by atoms with Gasteiger partial charge in [0.1, 0.15) is 11.4 Å². The smallest absolute Gasteiger partial charge is 0.143 e. The fourth-order valence-corrected chi connectivity index (χ4v) is 3.95. The van der Waals surface area contributed by atoms with Gasteiger partial charge in [-0.2, -0.15) is 5.11 Å². The van der Waals surface area contributed by atoms with Crippen LogP contribution >= 0.6 is 0 Å². The van der Waals surface area contributed by atoms with Gasteiger partial charge in [0.15, 0.2) is 0 Å². The van der Waals surface area contributed by atoms with E-state index in [2.05, 4.69) is 25.1 Å². The van der Waals surface area contributed by atoms with Gasteiger partial charge < -0.3 is 15.7 Å². The average molecular weight is 461 g/mol. The Morgan fingerprint density at radius 3 is 2.09 bits per heavy atom. The largest absolute Gasteiger partial charge is 0.506 e. The lowest BCUT2D eigenvalue weighted by atomic mass is 10.1. The van der Waals surface area contributed by atoms with Crippen LogP contribution in [0.15, 0.2) is 114 Å². The summed E-state index contributed by atoms with van der Waals surface area (Å²) >= 11 is 0. The molecule has 172 valence electrons. The van der Waals surface area contributed by atoms with Crippen molar-refractivity contribution in [2.45, 2.75) is 13.1 Å². The van der Waals surface area contributed by atoms with E-state index >= 15 is 0 Å². The van der Waals surface area contributed by atoms with Gasteiger partial charge in [-0.3, -0.25) is 9.97 Å². The van der Waals surface area contributed by atoms with Crippen LogP contribution in [0.5, 0.6) is 5.75 Å². The predicted octanol–water partition coefficient (Wildman–Crippen LogP) is 6.54. The third-order valence-electron chi connectivity index (χ3n) is 5.65. The van der Waals surface area contributed by atoms with Crippen LogP contribution in [0.25, 0.3) is 10.8 Å². The number of benzene rings is 3. The van der Waals surface area contributed by atoms with Crippen molar-refractivity contribution in [3.63, 3.8) is 0 Å². The maximum absolute atomic E-state index is 10.3. The molecule has 0 radical (unpaired) electrons. The molecule has 0 saturated heterocycles. The summed E-state index contributed by atoms with van der Waals surface area (Å²) in [5, 5.41) is 20.9. The van der Waals surface area contributed by atoms with Gasteiger partial charge in [-0.05, 0) is 53.9 Å². The predicted molar refractivity (Wildman–Crippen MR) is 139 cm³/mol. The molecule has 7 heteroatoms. The number of hydrogen-bond donors (Lipinski definition) is 2. The van der Waals surface area contributed by atoms with Gasteiger partial charge in [0, 0.05) is 17.8 Å². The maximum atomic E-state index is 10.3. The molecule has 0 bridgehead atoms. The second-order valence-electron chi connectivity index (χ2n) is 8.10. The monoisotopic (exact) mass is 460 g/mol. The van der Waals surface area contributed by atoms with Gasteiger partial charge in [0.25, 0.3) is 0 Å². The number of pyridine rings is 2. The lowest BCUT2D eigenvalue weighted by Gasteiger charge is -2.25. The molecule has 0 atom stereocenters. The zero-order valence-electron chi connectivity index (χ0n) is 19.0. The van der Waals surface area contributed by atoms with Crippen molar-refractivity contribution in [1.82, 2.24) is 9.97 Å². The number of azo groups is 1. The third-order valence-corrected chi connectivity index (χ3v) is 5.65. The number of aromatic nitrogens is 2. The summed E-state index contributed by atoms with van der Waals surface area (Å²) in [5.74, 6) is 0.0777. The summed E-state index contributed by atoms with van der Waals surface area (Å²) in [6, 6.07) is 28.5. The first-order chi connectivity index (χ1) is 17.2. The lowest BCUT2D eigenvalue weighted by molar-refractivity contribution is 0.477. The van der Waals surface area contributed by atoms with Crippen molar-refractivity contribution < 1.29 is 5.11 Å². The number of phenols is 1. The minimum atomic E-state index is 0.0777. The molecule has 7 nitrogen and oxygen atoms in total. The highest BCUT2D eigenvalue weighted by atomic mass is 16.3. The van der Waals surface area contributed by atoms with E-state index in [1.54, 1.807) is 24.5 Å². The second kappa shape index (κ2) is 10.0. The molecule has 2 heterocycles. The summed E-state index contributed by atoms with van der Waals surface area (Å²) in [7, 11) is 0. The standard InChI is InChI=1S/C28H24N6O/c29-25-17-21(32-33-28-24-10-2-1-7-20(24)11-14-27(28)35)12-13-26(25)34(18-22-8-3-5-15-30-22)19-23-9-4-6-16-31-23/h1-17,35H,18-19,29H2. The molecule has 3 N–H and O–H groups in total. The number of aromatic hydroxyl groups is 1. The van der Waals surface area contributed by atoms with Gasteiger partial charge in [0.2, 0.25) is 0 Å². The SMILES string of the molecule is Nc1cc(N=Nc2c(O)ccc3ccccc23)ccc1N(Cc1ccccn1)Cc1ccccn1. The number of rotatable bonds is 7. The average Bonchev–Trinajstić information content (AvgIpc) is 2.89. The zero-order valence-corrected chi connectivity index (χ0v) is 19.0. The Morgan fingerprint density at radius 2 is 1.43 bits per heavy atom. The van der Waals surface area contributed by atoms with E-state index in [-0.39, 0.29) is 5.75 Å². The van der Waals surface area contributed by atoms with Gasteiger partial charge in [-0.1, -0.05) is 42.5 Å². The van der Waals surface area contributed by atoms with Crippen LogP contribution in [0, 0.1) is 0 Å². The second-order valence-corrected chi connectivity index (χ2v) is 8.10. The van der Waals surface area contributed by atoms with E-state index in [1.165, 1.54) is 0 Å². The molecule has 2 aromatic heterocycles. The van der Waals surface area contributed by atoms with E-state index in [9.17, 15) is 5.11 Å². The number of phenolic OH excluding ortho intramolecular Hbond substituents is 1. The molecule has 5 aromatic rings. The van der Waals surface area contributed by atoms with Crippen LogP contribution in [-0.4, -0.2) is 15.1 Å². The van der Waals surface area contributed by atoms with Crippen molar-refractivity contribution in [2.24, 2.45) is 10.2 Å². The highest BCUT2D eigenvalue weighted by Crippen LogP contribution is 2.37. The zero-order chi connectivity index (χ0) is 24.0. The topological polar surface area (TPSA) is 100.0 Å². The molecular weight excluding hydrogens is 436 g/mol. The van der Waals surface area contributed by atoms with Crippen molar-refractivity contribution in [3.05, 3.63) is 115 Å². The summed E-state index contributed by atoms with van der Waals surface area (Å²) < 4.78 is 0. The maximum Gasteiger partial charge on any atom is 0.143 e. The Labute approximate surface area is 203 Å². The molecule has 0 unspecified atom stereocenters. The molecular formula is C28H24N6O. The minimum Gasteiger partial charge on any atom is -0.506 e. The van der Waals surface area contributed by atoms with E-state index in [4.69, 9.17) is 5.73 Å². The summed E-state index contributed by atoms with van der Waals surface area (Å²) in [5.41, 5.74) is 10.8. The fourth-order valence-electron chi connectivity index (χ4n) is 3.95. The number of nitrogen functional groups attached to an aromatic ring is 1.